The fourth-order valence-corrected chi connectivity index (χ4v) is 1.33. The van der Waals surface area contributed by atoms with Crippen LogP contribution >= 0.6 is 0 Å². The highest BCUT2D eigenvalue weighted by atomic mass is 16.6. The first-order valence-electron chi connectivity index (χ1n) is 5.47. The lowest BCUT2D eigenvalue weighted by atomic mass is 10.1. The molecule has 82 valence electrons. The van der Waals surface area contributed by atoms with Crippen molar-refractivity contribution in [3.63, 3.8) is 0 Å². The fraction of sp³-hybridized carbons (Fsp3) is 0.909. The van der Waals surface area contributed by atoms with Crippen molar-refractivity contribution in [1.29, 1.82) is 0 Å². The Morgan fingerprint density at radius 2 is 2.21 bits per heavy atom. The predicted molar refractivity (Wildman–Crippen MR) is 54.0 cm³/mol. The molecular formula is C11H20O3. The van der Waals surface area contributed by atoms with E-state index in [-0.39, 0.29) is 12.1 Å². The van der Waals surface area contributed by atoms with Gasteiger partial charge in [-0.25, -0.2) is 4.79 Å². The fourth-order valence-electron chi connectivity index (χ4n) is 1.33. The molecule has 0 amide bonds. The molecule has 0 aromatic heterocycles. The molecule has 1 rings (SSSR count). The van der Waals surface area contributed by atoms with E-state index in [1.54, 1.807) is 0 Å². The average Bonchev–Trinajstić information content (AvgIpc) is 3.01. The Morgan fingerprint density at radius 3 is 2.71 bits per heavy atom. The quantitative estimate of drug-likeness (QED) is 0.591. The number of carbonyl (C=O) groups is 1. The van der Waals surface area contributed by atoms with E-state index in [0.717, 1.165) is 25.9 Å². The molecule has 1 saturated carbocycles. The molecule has 0 aromatic carbocycles. The zero-order valence-electron chi connectivity index (χ0n) is 9.12. The summed E-state index contributed by atoms with van der Waals surface area (Å²) in [4.78, 5) is 11.3. The molecule has 1 fully saturated rings. The van der Waals surface area contributed by atoms with Crippen LogP contribution in [0.15, 0.2) is 0 Å². The van der Waals surface area contributed by atoms with Crippen molar-refractivity contribution in [3.05, 3.63) is 0 Å². The number of unbranched alkanes of at least 4 members (excludes halogenated alkanes) is 1. The zero-order valence-corrected chi connectivity index (χ0v) is 9.12. The normalized spacial score (nSPS) is 17.9. The third-order valence-electron chi connectivity index (χ3n) is 2.51. The van der Waals surface area contributed by atoms with Crippen LogP contribution in [0.1, 0.15) is 39.0 Å². The van der Waals surface area contributed by atoms with Crippen LogP contribution < -0.4 is 0 Å². The van der Waals surface area contributed by atoms with Crippen LogP contribution in [-0.2, 0) is 14.3 Å². The number of methoxy groups -OCH3 is 1. The highest BCUT2D eigenvalue weighted by Gasteiger charge is 2.26. The summed E-state index contributed by atoms with van der Waals surface area (Å²) in [5, 5.41) is 0. The lowest BCUT2D eigenvalue weighted by molar-refractivity contribution is -0.155. The van der Waals surface area contributed by atoms with Crippen molar-refractivity contribution in [2.24, 2.45) is 5.92 Å². The number of carbonyl (C=O) groups excluding carboxylic acids is 1. The maximum absolute atomic E-state index is 11.3. The van der Waals surface area contributed by atoms with Gasteiger partial charge in [-0.1, -0.05) is 19.8 Å². The summed E-state index contributed by atoms with van der Waals surface area (Å²) in [6, 6.07) is 0. The Bertz CT molecular complexity index is 175. The van der Waals surface area contributed by atoms with Gasteiger partial charge in [0.2, 0.25) is 0 Å². The van der Waals surface area contributed by atoms with E-state index in [0.29, 0.717) is 5.92 Å². The Morgan fingerprint density at radius 1 is 1.50 bits per heavy atom. The molecule has 0 N–H and O–H groups in total. The smallest absolute Gasteiger partial charge is 0.334 e. The van der Waals surface area contributed by atoms with Crippen molar-refractivity contribution < 1.29 is 14.3 Å². The molecule has 0 radical (unpaired) electrons. The molecule has 0 spiro atoms. The molecule has 0 saturated heterocycles. The molecule has 3 nitrogen and oxygen atoms in total. The monoisotopic (exact) mass is 200 g/mol. The Balaban J connectivity index is 2.22. The van der Waals surface area contributed by atoms with Crippen molar-refractivity contribution in [2.45, 2.75) is 45.1 Å². The summed E-state index contributed by atoms with van der Waals surface area (Å²) < 4.78 is 10.2. The minimum atomic E-state index is -0.333. The zero-order chi connectivity index (χ0) is 10.4. The summed E-state index contributed by atoms with van der Waals surface area (Å²) in [7, 11) is 1.42. The first-order valence-corrected chi connectivity index (χ1v) is 5.47. The van der Waals surface area contributed by atoms with Gasteiger partial charge in [0.25, 0.3) is 0 Å². The average molecular weight is 200 g/mol. The highest BCUT2D eigenvalue weighted by molar-refractivity contribution is 5.74. The Kier molecular flexibility index (Phi) is 4.94. The van der Waals surface area contributed by atoms with E-state index in [9.17, 15) is 4.79 Å². The lowest BCUT2D eigenvalue weighted by Gasteiger charge is -2.14. The second kappa shape index (κ2) is 6.02. The van der Waals surface area contributed by atoms with Gasteiger partial charge in [-0.2, -0.15) is 0 Å². The van der Waals surface area contributed by atoms with Gasteiger partial charge >= 0.3 is 5.97 Å². The third kappa shape index (κ3) is 4.09. The van der Waals surface area contributed by atoms with Crippen LogP contribution in [0, 0.1) is 5.92 Å². The topological polar surface area (TPSA) is 35.5 Å². The van der Waals surface area contributed by atoms with Crippen LogP contribution in [0.4, 0.5) is 0 Å². The van der Waals surface area contributed by atoms with Gasteiger partial charge in [-0.05, 0) is 25.2 Å². The molecule has 1 aliphatic carbocycles. The van der Waals surface area contributed by atoms with Gasteiger partial charge in [0, 0.05) is 0 Å². The maximum Gasteiger partial charge on any atom is 0.334 e. The van der Waals surface area contributed by atoms with Gasteiger partial charge in [0.05, 0.1) is 13.7 Å². The molecule has 1 aliphatic rings. The number of ether oxygens (including phenoxy) is 2. The van der Waals surface area contributed by atoms with E-state index in [1.807, 2.05) is 0 Å². The first-order chi connectivity index (χ1) is 6.77. The van der Waals surface area contributed by atoms with E-state index in [2.05, 4.69) is 6.92 Å². The molecule has 0 aromatic rings. The van der Waals surface area contributed by atoms with Crippen molar-refractivity contribution in [2.75, 3.05) is 13.7 Å². The summed E-state index contributed by atoms with van der Waals surface area (Å²) in [5.41, 5.74) is 0. The van der Waals surface area contributed by atoms with Crippen LogP contribution in [0.5, 0.6) is 0 Å². The SMILES string of the molecule is CCCCC(OCC1CC1)C(=O)OC. The minimum absolute atomic E-state index is 0.223. The molecule has 0 heterocycles. The molecular weight excluding hydrogens is 180 g/mol. The van der Waals surface area contributed by atoms with E-state index in [4.69, 9.17) is 9.47 Å². The number of hydrogen-bond donors (Lipinski definition) is 0. The van der Waals surface area contributed by atoms with Crippen LogP contribution in [0.25, 0.3) is 0 Å². The highest BCUT2D eigenvalue weighted by Crippen LogP contribution is 2.29. The van der Waals surface area contributed by atoms with Gasteiger partial charge in [-0.3, -0.25) is 0 Å². The number of esters is 1. The standard InChI is InChI=1S/C11H20O3/c1-3-4-5-10(11(12)13-2)14-8-9-6-7-9/h9-10H,3-8H2,1-2H3. The van der Waals surface area contributed by atoms with Crippen molar-refractivity contribution in [3.8, 4) is 0 Å². The Hall–Kier alpha value is -0.570. The summed E-state index contributed by atoms with van der Waals surface area (Å²) in [6.07, 6.45) is 5.06. The summed E-state index contributed by atoms with van der Waals surface area (Å²) >= 11 is 0. The lowest BCUT2D eigenvalue weighted by Crippen LogP contribution is -2.26. The number of hydrogen-bond acceptors (Lipinski definition) is 3. The minimum Gasteiger partial charge on any atom is -0.467 e. The van der Waals surface area contributed by atoms with E-state index >= 15 is 0 Å². The van der Waals surface area contributed by atoms with Crippen molar-refractivity contribution in [1.82, 2.24) is 0 Å². The molecule has 1 unspecified atom stereocenters. The molecule has 3 heteroatoms. The maximum atomic E-state index is 11.3. The third-order valence-corrected chi connectivity index (χ3v) is 2.51. The van der Waals surface area contributed by atoms with Crippen molar-refractivity contribution >= 4 is 5.97 Å². The van der Waals surface area contributed by atoms with E-state index < -0.39 is 0 Å². The summed E-state index contributed by atoms with van der Waals surface area (Å²) in [5.74, 6) is 0.475. The molecule has 0 aliphatic heterocycles. The van der Waals surface area contributed by atoms with Gasteiger partial charge in [0.15, 0.2) is 6.10 Å². The number of rotatable bonds is 7. The largest absolute Gasteiger partial charge is 0.467 e. The van der Waals surface area contributed by atoms with Crippen LogP contribution in [0.2, 0.25) is 0 Å². The predicted octanol–water partition coefficient (Wildman–Crippen LogP) is 2.14. The molecule has 14 heavy (non-hydrogen) atoms. The van der Waals surface area contributed by atoms with Gasteiger partial charge in [0.1, 0.15) is 0 Å². The second-order valence-electron chi connectivity index (χ2n) is 3.93. The van der Waals surface area contributed by atoms with Crippen LogP contribution in [-0.4, -0.2) is 25.8 Å². The molecule has 1 atom stereocenters. The van der Waals surface area contributed by atoms with E-state index in [1.165, 1.54) is 20.0 Å². The Labute approximate surface area is 85.8 Å². The molecule has 0 bridgehead atoms. The second-order valence-corrected chi connectivity index (χ2v) is 3.93. The van der Waals surface area contributed by atoms with Gasteiger partial charge < -0.3 is 9.47 Å². The summed E-state index contributed by atoms with van der Waals surface area (Å²) in [6.45, 7) is 2.83. The first kappa shape index (κ1) is 11.5. The van der Waals surface area contributed by atoms with Crippen LogP contribution in [0.3, 0.4) is 0 Å². The van der Waals surface area contributed by atoms with Gasteiger partial charge in [-0.15, -0.1) is 0 Å².